The van der Waals surface area contributed by atoms with Crippen LogP contribution in [0.15, 0.2) is 0 Å². The van der Waals surface area contributed by atoms with Gasteiger partial charge in [0.05, 0.1) is 0 Å². The third-order valence-corrected chi connectivity index (χ3v) is 7.63. The molecule has 0 radical (unpaired) electrons. The number of unbranched alkanes of at least 4 members (excludes halogenated alkanes) is 3. The summed E-state index contributed by atoms with van der Waals surface area (Å²) in [6.07, 6.45) is 5.08. The molecule has 98 valence electrons. The van der Waals surface area contributed by atoms with Crippen molar-refractivity contribution in [2.24, 2.45) is 0 Å². The zero-order valence-corrected chi connectivity index (χ0v) is 12.4. The molecule has 0 saturated carbocycles. The van der Waals surface area contributed by atoms with Gasteiger partial charge < -0.3 is 0 Å². The van der Waals surface area contributed by atoms with E-state index in [1.165, 1.54) is 0 Å². The van der Waals surface area contributed by atoms with Gasteiger partial charge >= 0.3 is 100 Å². The van der Waals surface area contributed by atoms with Crippen molar-refractivity contribution in [2.45, 2.75) is 69.6 Å². The van der Waals surface area contributed by atoms with E-state index < -0.39 is 13.1 Å². The van der Waals surface area contributed by atoms with Gasteiger partial charge in [-0.3, -0.25) is 0 Å². The van der Waals surface area contributed by atoms with Crippen molar-refractivity contribution in [3.05, 3.63) is 0 Å². The Balaban J connectivity index is 4.45. The summed E-state index contributed by atoms with van der Waals surface area (Å²) in [4.78, 5) is 0. The van der Waals surface area contributed by atoms with E-state index in [-0.39, 0.29) is 10.3 Å². The van der Waals surface area contributed by atoms with Gasteiger partial charge in [-0.2, -0.15) is 0 Å². The van der Waals surface area contributed by atoms with Crippen molar-refractivity contribution in [3.8, 4) is 0 Å². The van der Waals surface area contributed by atoms with Crippen LogP contribution in [0.3, 0.4) is 0 Å². The predicted octanol–water partition coefficient (Wildman–Crippen LogP) is 4.54. The van der Waals surface area contributed by atoms with Crippen molar-refractivity contribution in [3.63, 3.8) is 0 Å². The molecule has 0 aliphatic rings. The summed E-state index contributed by atoms with van der Waals surface area (Å²) in [6, 6.07) is 0. The fourth-order valence-corrected chi connectivity index (χ4v) is 6.07. The number of hydrogen-bond acceptors (Lipinski definition) is 3. The Morgan fingerprint density at radius 1 is 0.812 bits per heavy atom. The second kappa shape index (κ2) is 7.47. The van der Waals surface area contributed by atoms with E-state index in [9.17, 15) is 7.35 Å². The second-order valence-electron chi connectivity index (χ2n) is 4.56. The summed E-state index contributed by atoms with van der Waals surface area (Å²) in [7, 11) is 0. The van der Waals surface area contributed by atoms with Gasteiger partial charge in [-0.05, 0) is 0 Å². The van der Waals surface area contributed by atoms with Crippen molar-refractivity contribution >= 4 is 0 Å². The third-order valence-electron chi connectivity index (χ3n) is 2.76. The number of hydrogen-bond donors (Lipinski definition) is 0. The first-order chi connectivity index (χ1) is 7.46. The standard InChI is InChI=1S/C4H9O.2C4H9.2O.V/c1-2-3-4-5;2*1-3-4-2;;;/h2-4H2,1H3;2*1,3-4H2,2H3;;;/q-1;;;;;+1. The average molecular weight is 270 g/mol. The Morgan fingerprint density at radius 3 is 1.62 bits per heavy atom. The van der Waals surface area contributed by atoms with Crippen LogP contribution in [0, 0.1) is 0 Å². The van der Waals surface area contributed by atoms with Crippen LogP contribution in [0.25, 0.3) is 0 Å². The molecule has 0 unspecified atom stereocenters. The van der Waals surface area contributed by atoms with E-state index in [4.69, 9.17) is 3.66 Å². The van der Waals surface area contributed by atoms with Gasteiger partial charge in [-0.1, -0.05) is 0 Å². The molecular weight excluding hydrogens is 243 g/mol. The maximum atomic E-state index is 12.5. The average Bonchev–Trinajstić information content (AvgIpc) is 2.25. The van der Waals surface area contributed by atoms with Crippen molar-refractivity contribution in [2.75, 3.05) is 6.61 Å². The Kier molecular flexibility index (Phi) is 7.53. The first-order valence-electron chi connectivity index (χ1n) is 6.59. The zero-order valence-electron chi connectivity index (χ0n) is 11.0. The predicted molar refractivity (Wildman–Crippen MR) is 61.7 cm³/mol. The topological polar surface area (TPSA) is 43.4 Å². The van der Waals surface area contributed by atoms with Crippen LogP contribution in [0.1, 0.15) is 59.3 Å². The van der Waals surface area contributed by atoms with Crippen LogP contribution in [0.2, 0.25) is 10.3 Å². The van der Waals surface area contributed by atoms with E-state index in [0.29, 0.717) is 6.61 Å². The molecule has 0 atom stereocenters. The van der Waals surface area contributed by atoms with E-state index in [2.05, 4.69) is 0 Å². The molecule has 0 aromatic heterocycles. The molecule has 0 fully saturated rings. The van der Waals surface area contributed by atoms with Crippen molar-refractivity contribution in [1.29, 1.82) is 0 Å². The first-order valence-corrected chi connectivity index (χ1v) is 10.3. The SMILES string of the molecule is CCCC[O][V](=[O])(=[O])([CH2]CCC)[CH2]CCC. The molecule has 3 nitrogen and oxygen atoms in total. The summed E-state index contributed by atoms with van der Waals surface area (Å²) in [5.74, 6) is 0. The van der Waals surface area contributed by atoms with Gasteiger partial charge in [0, 0.05) is 0 Å². The molecule has 0 aliphatic heterocycles. The Hall–Kier alpha value is 0.144. The second-order valence-corrected chi connectivity index (χ2v) is 10.2. The molecule has 0 amide bonds. The Bertz CT molecular complexity index is 273. The minimum atomic E-state index is -4.87. The molecule has 16 heavy (non-hydrogen) atoms. The Labute approximate surface area is 100 Å². The molecule has 0 heterocycles. The van der Waals surface area contributed by atoms with Crippen LogP contribution < -0.4 is 0 Å². The fraction of sp³-hybridized carbons (Fsp3) is 1.00. The first kappa shape index (κ1) is 16.1. The van der Waals surface area contributed by atoms with Gasteiger partial charge in [-0.15, -0.1) is 0 Å². The summed E-state index contributed by atoms with van der Waals surface area (Å²) in [6.45, 7) is 6.44. The third kappa shape index (κ3) is 6.67. The minimum absolute atomic E-state index is 0.263. The molecular formula is C12H27O3V. The van der Waals surface area contributed by atoms with Crippen LogP contribution in [0.5, 0.6) is 0 Å². The molecule has 0 N–H and O–H groups in total. The van der Waals surface area contributed by atoms with Gasteiger partial charge in [0.25, 0.3) is 0 Å². The molecule has 0 aromatic carbocycles. The van der Waals surface area contributed by atoms with Crippen LogP contribution in [-0.2, 0) is 24.1 Å². The monoisotopic (exact) mass is 270 g/mol. The van der Waals surface area contributed by atoms with E-state index in [1.54, 1.807) is 0 Å². The molecule has 0 aromatic rings. The molecule has 0 rings (SSSR count). The summed E-state index contributed by atoms with van der Waals surface area (Å²) < 4.78 is 30.3. The normalized spacial score (nSPS) is 13.0. The van der Waals surface area contributed by atoms with Gasteiger partial charge in [0.15, 0.2) is 0 Å². The molecule has 0 aliphatic carbocycles. The maximum absolute atomic E-state index is 12.5. The van der Waals surface area contributed by atoms with Crippen molar-refractivity contribution < 1.29 is 24.1 Å². The van der Waals surface area contributed by atoms with E-state index >= 15 is 0 Å². The zero-order chi connectivity index (χ0) is 12.5. The van der Waals surface area contributed by atoms with Crippen LogP contribution in [-0.4, -0.2) is 6.61 Å². The Morgan fingerprint density at radius 2 is 1.25 bits per heavy atom. The fourth-order valence-electron chi connectivity index (χ4n) is 1.58. The van der Waals surface area contributed by atoms with Gasteiger partial charge in [0.2, 0.25) is 0 Å². The molecule has 0 saturated heterocycles. The quantitative estimate of drug-likeness (QED) is 0.547. The summed E-state index contributed by atoms with van der Waals surface area (Å²) >= 11 is -4.87. The van der Waals surface area contributed by atoms with Crippen LogP contribution >= 0.6 is 0 Å². The summed E-state index contributed by atoms with van der Waals surface area (Å²) in [5.41, 5.74) is 0. The van der Waals surface area contributed by atoms with Gasteiger partial charge in [-0.25, -0.2) is 0 Å². The van der Waals surface area contributed by atoms with Crippen molar-refractivity contribution in [1.82, 2.24) is 0 Å². The van der Waals surface area contributed by atoms with Gasteiger partial charge in [0.1, 0.15) is 0 Å². The molecule has 4 heteroatoms. The van der Waals surface area contributed by atoms with E-state index in [1.807, 2.05) is 20.8 Å². The van der Waals surface area contributed by atoms with E-state index in [0.717, 1.165) is 38.5 Å². The molecule has 0 spiro atoms. The van der Waals surface area contributed by atoms with Crippen LogP contribution in [0.4, 0.5) is 0 Å². The summed E-state index contributed by atoms with van der Waals surface area (Å²) in [5, 5.41) is 0.525. The molecule has 0 bridgehead atoms. The number of rotatable bonds is 10.